The molecule has 0 aliphatic heterocycles. The molecule has 0 rings (SSSR count). The van der Waals surface area contributed by atoms with Crippen molar-refractivity contribution in [3.63, 3.8) is 0 Å². The Morgan fingerprint density at radius 3 is 0.537 bits per heavy atom. The van der Waals surface area contributed by atoms with Gasteiger partial charge in [-0.15, -0.1) is 0 Å². The molecule has 0 aliphatic carbocycles. The van der Waals surface area contributed by atoms with Gasteiger partial charge in [0, 0.05) is 0 Å². The first-order chi connectivity index (χ1) is 17.1. The van der Waals surface area contributed by atoms with Gasteiger partial charge in [0.2, 0.25) is 0 Å². The van der Waals surface area contributed by atoms with Crippen LogP contribution in [-0.2, 0) is 88.9 Å². The molecule has 0 amide bonds. The van der Waals surface area contributed by atoms with Crippen molar-refractivity contribution in [2.24, 2.45) is 0 Å². The van der Waals surface area contributed by atoms with Gasteiger partial charge in [-0.3, -0.25) is 0 Å². The summed E-state index contributed by atoms with van der Waals surface area (Å²) in [7, 11) is 4.92. The molecule has 12 nitrogen and oxygen atoms in total. The fraction of sp³-hybridized carbons (Fsp3) is 1.00. The fourth-order valence-electron chi connectivity index (χ4n) is 5.58. The summed E-state index contributed by atoms with van der Waals surface area (Å²) in [6.45, 7) is 7.38. The molecule has 0 saturated carbocycles. The van der Waals surface area contributed by atoms with E-state index in [0.29, 0.717) is 0 Å². The molecule has 0 fully saturated rings. The van der Waals surface area contributed by atoms with Crippen LogP contribution in [0.25, 0.3) is 0 Å². The molecular formula is C34H74Al2Fe2MgNNa2O11Si+. The third-order valence-electron chi connectivity index (χ3n) is 8.23. The third-order valence-corrected chi connectivity index (χ3v) is 8.23. The van der Waals surface area contributed by atoms with Crippen molar-refractivity contribution in [3.05, 3.63) is 0 Å². The van der Waals surface area contributed by atoms with E-state index in [1.54, 1.807) is 0 Å². The second kappa shape index (κ2) is 112. The van der Waals surface area contributed by atoms with E-state index in [-0.39, 0.29) is 222 Å². The first kappa shape index (κ1) is 130. The number of rotatable bonds is 30. The molecule has 0 aromatic rings. The molecule has 0 heterocycles. The SMILES string of the molecule is CCCCCCCCCCCCCCCCCC[N+](C)(C)CCCCCCCCCCCCCC.O.[Al+3].[Al+3].[Fe+3].[Fe+3].[Mg+2].[Na+].[Na+].[O-2].[O-2].[O-2].[O-2].[O-2].[O-2].[O-2].[O-2].[O-2].[O-2].[Si+4]. The Morgan fingerprint density at radius 2 is 0.407 bits per heavy atom. The quantitative estimate of drug-likeness (QED) is 0.0570. The van der Waals surface area contributed by atoms with E-state index in [1.165, 1.54) is 197 Å². The molecule has 0 aromatic carbocycles. The van der Waals surface area contributed by atoms with E-state index in [0.717, 1.165) is 0 Å². The summed E-state index contributed by atoms with van der Waals surface area (Å²) >= 11 is 0. The maximum Gasteiger partial charge on any atom is 4.00 e. The van der Waals surface area contributed by atoms with E-state index >= 15 is 0 Å². The van der Waals surface area contributed by atoms with Gasteiger partial charge in [-0.25, -0.2) is 0 Å². The van der Waals surface area contributed by atoms with Crippen molar-refractivity contribution in [2.45, 2.75) is 194 Å². The Labute approximate surface area is 442 Å². The summed E-state index contributed by atoms with van der Waals surface area (Å²) in [5.74, 6) is 0. The van der Waals surface area contributed by atoms with Crippen molar-refractivity contribution < 1.29 is 158 Å². The van der Waals surface area contributed by atoms with Gasteiger partial charge in [0.05, 0.1) is 27.2 Å². The van der Waals surface area contributed by atoms with Crippen molar-refractivity contribution in [1.82, 2.24) is 0 Å². The van der Waals surface area contributed by atoms with Crippen LogP contribution >= 0.6 is 0 Å². The van der Waals surface area contributed by atoms with Crippen molar-refractivity contribution in [2.75, 3.05) is 27.2 Å². The monoisotopic (exact) mass is 936 g/mol. The van der Waals surface area contributed by atoms with Crippen LogP contribution in [0.1, 0.15) is 194 Å². The van der Waals surface area contributed by atoms with Gasteiger partial charge in [0.25, 0.3) is 0 Å². The predicted molar refractivity (Wildman–Crippen MR) is 196 cm³/mol. The smallest absolute Gasteiger partial charge is 2.00 e. The van der Waals surface area contributed by atoms with E-state index in [2.05, 4.69) is 27.9 Å². The standard InChI is InChI=1S/C34H72N.2Al.2Fe.Mg.2Na.H2O.10O.Si/c1-5-7-9-11-13-15-17-19-20-21-22-24-26-28-30-32-34-35(3,4)33-31-29-27-25-23-18-16-14-12-10-8-6-2;;;;;;;;;;;;;;;;;;;/h5-34H2,1-4H3;;;;;;;;1H2;;;;;;;;;;;/q+1;4*+3;+2;2*+1;;10*-2;+4. The molecule has 310 valence electrons. The van der Waals surface area contributed by atoms with E-state index in [1.807, 2.05) is 0 Å². The molecule has 0 saturated heterocycles. The molecule has 0 unspecified atom stereocenters. The third kappa shape index (κ3) is 117. The van der Waals surface area contributed by atoms with Gasteiger partial charge in [0.15, 0.2) is 0 Å². The topological polar surface area (TPSA) is 316 Å². The summed E-state index contributed by atoms with van der Waals surface area (Å²) in [4.78, 5) is 0. The molecular weight excluding hydrogens is 862 g/mol. The zero-order chi connectivity index (χ0) is 25.7. The molecule has 0 aromatic heterocycles. The molecule has 2 radical (unpaired) electrons. The molecule has 0 bridgehead atoms. The van der Waals surface area contributed by atoms with Crippen LogP contribution in [0.3, 0.4) is 0 Å². The Balaban J connectivity index is -0.0000000338. The zero-order valence-corrected chi connectivity index (χ0v) is 46.2. The first-order valence-electron chi connectivity index (χ1n) is 16.9. The molecule has 0 atom stereocenters. The zero-order valence-electron chi connectivity index (χ0n) is 35.3. The van der Waals surface area contributed by atoms with Crippen LogP contribution in [0.2, 0.25) is 0 Å². The number of hydrogen-bond donors (Lipinski definition) is 0. The largest absolute Gasteiger partial charge is 4.00 e. The Hall–Kier alpha value is 4.61. The Morgan fingerprint density at radius 1 is 0.296 bits per heavy atom. The molecule has 0 spiro atoms. The summed E-state index contributed by atoms with van der Waals surface area (Å²) in [5, 5.41) is 0. The predicted octanol–water partition coefficient (Wildman–Crippen LogP) is 2.49. The average molecular weight is 937 g/mol. The maximum absolute atomic E-state index is 2.46. The minimum atomic E-state index is 0. The maximum atomic E-state index is 2.46. The summed E-state index contributed by atoms with van der Waals surface area (Å²) in [6, 6.07) is 0. The molecule has 20 heteroatoms. The van der Waals surface area contributed by atoms with Crippen LogP contribution in [0.4, 0.5) is 0 Å². The van der Waals surface area contributed by atoms with E-state index in [9.17, 15) is 0 Å². The Bertz CT molecular complexity index is 462. The van der Waals surface area contributed by atoms with E-state index in [4.69, 9.17) is 0 Å². The fourth-order valence-corrected chi connectivity index (χ4v) is 5.58. The van der Waals surface area contributed by atoms with Gasteiger partial charge in [-0.05, 0) is 25.7 Å². The molecule has 54 heavy (non-hydrogen) atoms. The molecule has 0 aliphatic rings. The number of unbranched alkanes of at least 4 members (excludes halogenated alkanes) is 26. The number of hydrogen-bond acceptors (Lipinski definition) is 0. The number of nitrogens with zero attached hydrogens (tertiary/aromatic N) is 1. The van der Waals surface area contributed by atoms with Crippen molar-refractivity contribution in [1.29, 1.82) is 0 Å². The number of quaternary nitrogens is 1. The van der Waals surface area contributed by atoms with Gasteiger partial charge in [-0.2, -0.15) is 0 Å². The Kier molecular flexibility index (Phi) is 271. The molecule has 2 N–H and O–H groups in total. The van der Waals surface area contributed by atoms with Gasteiger partial charge in [0.1, 0.15) is 0 Å². The first-order valence-corrected chi connectivity index (χ1v) is 16.9. The minimum Gasteiger partial charge on any atom is -2.00 e. The minimum absolute atomic E-state index is 0. The summed E-state index contributed by atoms with van der Waals surface area (Å²) in [5.41, 5.74) is 0. The summed E-state index contributed by atoms with van der Waals surface area (Å²) in [6.07, 6.45) is 40.9. The van der Waals surface area contributed by atoms with Crippen molar-refractivity contribution >= 4 is 68.7 Å². The van der Waals surface area contributed by atoms with Crippen LogP contribution in [0.5, 0.6) is 0 Å². The summed E-state index contributed by atoms with van der Waals surface area (Å²) < 4.78 is 1.25. The second-order valence-electron chi connectivity index (χ2n) is 12.6. The van der Waals surface area contributed by atoms with Crippen LogP contribution in [0, 0.1) is 0 Å². The van der Waals surface area contributed by atoms with Gasteiger partial charge in [-0.1, -0.05) is 168 Å². The van der Waals surface area contributed by atoms with Gasteiger partial charge < -0.3 is 64.7 Å². The van der Waals surface area contributed by atoms with Crippen molar-refractivity contribution in [3.8, 4) is 0 Å². The van der Waals surface area contributed by atoms with E-state index < -0.39 is 0 Å². The average Bonchev–Trinajstić information content (AvgIpc) is 2.84. The van der Waals surface area contributed by atoms with Crippen LogP contribution in [-0.4, -0.2) is 106 Å². The normalized spacial score (nSPS) is 7.78. The van der Waals surface area contributed by atoms with Gasteiger partial charge >= 0.3 is 162 Å². The van der Waals surface area contributed by atoms with Crippen LogP contribution in [0.15, 0.2) is 0 Å². The van der Waals surface area contributed by atoms with Crippen LogP contribution < -0.4 is 59.1 Å². The second-order valence-corrected chi connectivity index (χ2v) is 12.6.